The number of thiophene rings is 1. The van der Waals surface area contributed by atoms with E-state index in [1.165, 1.54) is 0 Å². The molecule has 2 rings (SSSR count). The van der Waals surface area contributed by atoms with Crippen molar-refractivity contribution in [3.63, 3.8) is 0 Å². The van der Waals surface area contributed by atoms with E-state index in [0.29, 0.717) is 11.3 Å². The van der Waals surface area contributed by atoms with Crippen LogP contribution in [0.3, 0.4) is 0 Å². The Morgan fingerprint density at radius 3 is 2.53 bits per heavy atom. The number of hydrogen-bond donors (Lipinski definition) is 1. The van der Waals surface area contributed by atoms with E-state index in [2.05, 4.69) is 0 Å². The van der Waals surface area contributed by atoms with Crippen molar-refractivity contribution in [3.05, 3.63) is 51.7 Å². The SMILES string of the molecule is Cc1sccc1C(=O)c1ccccc1N. The van der Waals surface area contributed by atoms with Gasteiger partial charge in [0.1, 0.15) is 0 Å². The van der Waals surface area contributed by atoms with E-state index in [4.69, 9.17) is 5.73 Å². The Morgan fingerprint density at radius 2 is 1.93 bits per heavy atom. The number of anilines is 1. The van der Waals surface area contributed by atoms with E-state index in [1.54, 1.807) is 23.5 Å². The highest BCUT2D eigenvalue weighted by Crippen LogP contribution is 2.21. The van der Waals surface area contributed by atoms with Crippen molar-refractivity contribution in [1.82, 2.24) is 0 Å². The van der Waals surface area contributed by atoms with Gasteiger partial charge in [-0.05, 0) is 30.5 Å². The van der Waals surface area contributed by atoms with Gasteiger partial charge in [0, 0.05) is 21.7 Å². The smallest absolute Gasteiger partial charge is 0.196 e. The van der Waals surface area contributed by atoms with Crippen molar-refractivity contribution >= 4 is 22.8 Å². The fraction of sp³-hybridized carbons (Fsp3) is 0.0833. The minimum Gasteiger partial charge on any atom is -0.398 e. The normalized spacial score (nSPS) is 10.2. The van der Waals surface area contributed by atoms with E-state index in [9.17, 15) is 4.79 Å². The predicted molar refractivity (Wildman–Crippen MR) is 63.3 cm³/mol. The number of nitrogens with two attached hydrogens (primary N) is 1. The summed E-state index contributed by atoms with van der Waals surface area (Å²) in [5.74, 6) is 0.00634. The van der Waals surface area contributed by atoms with Crippen LogP contribution in [0.1, 0.15) is 20.8 Å². The molecule has 76 valence electrons. The van der Waals surface area contributed by atoms with Gasteiger partial charge in [0.2, 0.25) is 0 Å². The van der Waals surface area contributed by atoms with Crippen LogP contribution in [0.25, 0.3) is 0 Å². The standard InChI is InChI=1S/C12H11NOS/c1-8-9(6-7-15-8)12(14)10-4-2-3-5-11(10)13/h2-7H,13H2,1H3. The number of carbonyl (C=O) groups excluding carboxylic acids is 1. The maximum absolute atomic E-state index is 12.1. The Hall–Kier alpha value is -1.61. The van der Waals surface area contributed by atoms with Gasteiger partial charge in [-0.3, -0.25) is 4.79 Å². The van der Waals surface area contributed by atoms with E-state index < -0.39 is 0 Å². The number of nitrogen functional groups attached to an aromatic ring is 1. The molecule has 2 aromatic rings. The van der Waals surface area contributed by atoms with Gasteiger partial charge in [-0.1, -0.05) is 12.1 Å². The molecule has 0 bridgehead atoms. The molecule has 1 heterocycles. The lowest BCUT2D eigenvalue weighted by Gasteiger charge is -2.03. The van der Waals surface area contributed by atoms with Crippen LogP contribution in [-0.2, 0) is 0 Å². The Labute approximate surface area is 92.4 Å². The first-order valence-electron chi connectivity index (χ1n) is 4.63. The van der Waals surface area contributed by atoms with Gasteiger partial charge >= 0.3 is 0 Å². The lowest BCUT2D eigenvalue weighted by Crippen LogP contribution is -2.04. The lowest BCUT2D eigenvalue weighted by molar-refractivity contribution is 0.103. The molecule has 0 spiro atoms. The molecule has 2 N–H and O–H groups in total. The number of para-hydroxylation sites is 1. The quantitative estimate of drug-likeness (QED) is 0.621. The fourth-order valence-electron chi connectivity index (χ4n) is 1.47. The zero-order valence-corrected chi connectivity index (χ0v) is 9.17. The molecule has 15 heavy (non-hydrogen) atoms. The Morgan fingerprint density at radius 1 is 1.20 bits per heavy atom. The van der Waals surface area contributed by atoms with Gasteiger partial charge in [-0.15, -0.1) is 11.3 Å². The average Bonchev–Trinajstić information content (AvgIpc) is 2.64. The molecule has 0 aliphatic rings. The van der Waals surface area contributed by atoms with Crippen molar-refractivity contribution in [2.24, 2.45) is 0 Å². The van der Waals surface area contributed by atoms with Crippen LogP contribution in [0.15, 0.2) is 35.7 Å². The van der Waals surface area contributed by atoms with Crippen LogP contribution < -0.4 is 5.73 Å². The molecule has 0 unspecified atom stereocenters. The minimum absolute atomic E-state index is 0.00634. The van der Waals surface area contributed by atoms with Gasteiger partial charge in [-0.2, -0.15) is 0 Å². The molecule has 0 aliphatic carbocycles. The topological polar surface area (TPSA) is 43.1 Å². The molecule has 0 saturated heterocycles. The predicted octanol–water partition coefficient (Wildman–Crippen LogP) is 2.87. The van der Waals surface area contributed by atoms with Crippen molar-refractivity contribution in [2.45, 2.75) is 6.92 Å². The number of benzene rings is 1. The molecule has 1 aromatic heterocycles. The summed E-state index contributed by atoms with van der Waals surface area (Å²) in [7, 11) is 0. The summed E-state index contributed by atoms with van der Waals surface area (Å²) >= 11 is 1.57. The maximum atomic E-state index is 12.1. The summed E-state index contributed by atoms with van der Waals surface area (Å²) in [4.78, 5) is 13.1. The zero-order valence-electron chi connectivity index (χ0n) is 8.36. The van der Waals surface area contributed by atoms with Crippen LogP contribution >= 0.6 is 11.3 Å². The first-order valence-corrected chi connectivity index (χ1v) is 5.51. The summed E-state index contributed by atoms with van der Waals surface area (Å²) in [6, 6.07) is 9.00. The minimum atomic E-state index is 0.00634. The summed E-state index contributed by atoms with van der Waals surface area (Å²) in [5, 5.41) is 1.92. The molecule has 0 aliphatic heterocycles. The summed E-state index contributed by atoms with van der Waals surface area (Å²) in [6.07, 6.45) is 0. The van der Waals surface area contributed by atoms with E-state index >= 15 is 0 Å². The molecule has 2 nitrogen and oxygen atoms in total. The Balaban J connectivity index is 2.46. The van der Waals surface area contributed by atoms with Crippen molar-refractivity contribution in [1.29, 1.82) is 0 Å². The van der Waals surface area contributed by atoms with Crippen LogP contribution in [0, 0.1) is 6.92 Å². The second-order valence-electron chi connectivity index (χ2n) is 3.31. The molecule has 3 heteroatoms. The Bertz CT molecular complexity index is 502. The third-order valence-corrected chi connectivity index (χ3v) is 3.15. The van der Waals surface area contributed by atoms with Crippen molar-refractivity contribution in [3.8, 4) is 0 Å². The number of aryl methyl sites for hydroxylation is 1. The lowest BCUT2D eigenvalue weighted by atomic mass is 10.0. The zero-order chi connectivity index (χ0) is 10.8. The van der Waals surface area contributed by atoms with Crippen LogP contribution in [0.5, 0.6) is 0 Å². The summed E-state index contributed by atoms with van der Waals surface area (Å²) in [6.45, 7) is 1.94. The fourth-order valence-corrected chi connectivity index (χ4v) is 2.17. The summed E-state index contributed by atoms with van der Waals surface area (Å²) in [5.41, 5.74) is 7.63. The second kappa shape index (κ2) is 3.87. The molecular formula is C12H11NOS. The third kappa shape index (κ3) is 1.78. The summed E-state index contributed by atoms with van der Waals surface area (Å²) < 4.78 is 0. The maximum Gasteiger partial charge on any atom is 0.196 e. The first-order chi connectivity index (χ1) is 7.20. The van der Waals surface area contributed by atoms with Gasteiger partial charge in [0.15, 0.2) is 5.78 Å². The molecule has 0 saturated carbocycles. The van der Waals surface area contributed by atoms with Gasteiger partial charge < -0.3 is 5.73 Å². The van der Waals surface area contributed by atoms with Crippen LogP contribution in [0.4, 0.5) is 5.69 Å². The molecule has 0 amide bonds. The largest absolute Gasteiger partial charge is 0.398 e. The highest BCUT2D eigenvalue weighted by molar-refractivity contribution is 7.10. The van der Waals surface area contributed by atoms with E-state index in [0.717, 1.165) is 10.4 Å². The van der Waals surface area contributed by atoms with Crippen molar-refractivity contribution < 1.29 is 4.79 Å². The van der Waals surface area contributed by atoms with Gasteiger partial charge in [-0.25, -0.2) is 0 Å². The number of rotatable bonds is 2. The monoisotopic (exact) mass is 217 g/mol. The molecular weight excluding hydrogens is 206 g/mol. The van der Waals surface area contributed by atoms with Gasteiger partial charge in [0.25, 0.3) is 0 Å². The van der Waals surface area contributed by atoms with Crippen LogP contribution in [-0.4, -0.2) is 5.78 Å². The Kier molecular flexibility index (Phi) is 2.56. The molecule has 0 radical (unpaired) electrons. The number of carbonyl (C=O) groups is 1. The first kappa shape index (κ1) is 9.93. The highest BCUT2D eigenvalue weighted by atomic mass is 32.1. The van der Waals surface area contributed by atoms with E-state index in [-0.39, 0.29) is 5.78 Å². The third-order valence-electron chi connectivity index (χ3n) is 2.31. The molecule has 0 fully saturated rings. The second-order valence-corrected chi connectivity index (χ2v) is 4.43. The number of ketones is 1. The van der Waals surface area contributed by atoms with E-state index in [1.807, 2.05) is 30.5 Å². The van der Waals surface area contributed by atoms with Crippen molar-refractivity contribution in [2.75, 3.05) is 5.73 Å². The molecule has 1 aromatic carbocycles. The van der Waals surface area contributed by atoms with Gasteiger partial charge in [0.05, 0.1) is 0 Å². The van der Waals surface area contributed by atoms with Crippen LogP contribution in [0.2, 0.25) is 0 Å². The average molecular weight is 217 g/mol. The highest BCUT2D eigenvalue weighted by Gasteiger charge is 2.14. The molecule has 0 atom stereocenters. The number of hydrogen-bond acceptors (Lipinski definition) is 3.